The molecule has 110 valence electrons. The van der Waals surface area contributed by atoms with Gasteiger partial charge in [0.2, 0.25) is 0 Å². The van der Waals surface area contributed by atoms with Crippen molar-refractivity contribution >= 4 is 21.6 Å². The fourth-order valence-electron chi connectivity index (χ4n) is 1.95. The van der Waals surface area contributed by atoms with Crippen LogP contribution in [0.5, 0.6) is 0 Å². The van der Waals surface area contributed by atoms with Crippen LogP contribution in [0.2, 0.25) is 0 Å². The summed E-state index contributed by atoms with van der Waals surface area (Å²) in [6, 6.07) is 12.6. The molecule has 0 aliphatic heterocycles. The van der Waals surface area contributed by atoms with Gasteiger partial charge in [-0.1, -0.05) is 36.4 Å². The Morgan fingerprint density at radius 2 is 1.76 bits per heavy atom. The van der Waals surface area contributed by atoms with E-state index in [0.29, 0.717) is 17.6 Å². The van der Waals surface area contributed by atoms with Crippen molar-refractivity contribution in [3.63, 3.8) is 0 Å². The molecule has 2 N–H and O–H groups in total. The van der Waals surface area contributed by atoms with Crippen LogP contribution >= 0.6 is 15.9 Å². The summed E-state index contributed by atoms with van der Waals surface area (Å²) in [6.45, 7) is 1.22. The number of rotatable bonds is 6. The summed E-state index contributed by atoms with van der Waals surface area (Å²) < 4.78 is 0.512. The first-order valence-corrected chi connectivity index (χ1v) is 7.22. The van der Waals surface area contributed by atoms with Gasteiger partial charge in [0.15, 0.2) is 0 Å². The lowest BCUT2D eigenvalue weighted by Crippen LogP contribution is -2.13. The number of hydrogen-bond acceptors (Lipinski definition) is 4. The first-order valence-electron chi connectivity index (χ1n) is 6.43. The summed E-state index contributed by atoms with van der Waals surface area (Å²) in [7, 11) is 0. The van der Waals surface area contributed by atoms with Crippen LogP contribution in [0.25, 0.3) is 0 Å². The molecule has 0 saturated heterocycles. The molecule has 0 spiro atoms. The van der Waals surface area contributed by atoms with Gasteiger partial charge < -0.3 is 10.4 Å². The minimum absolute atomic E-state index is 0.0360. The van der Waals surface area contributed by atoms with Crippen molar-refractivity contribution in [2.45, 2.75) is 19.7 Å². The average molecular weight is 351 g/mol. The Kier molecular flexibility index (Phi) is 5.44. The van der Waals surface area contributed by atoms with Crippen molar-refractivity contribution in [3.05, 3.63) is 73.7 Å². The minimum atomic E-state index is -0.402. The fraction of sp³-hybridized carbons (Fsp3) is 0.200. The molecule has 2 aromatic rings. The van der Waals surface area contributed by atoms with E-state index < -0.39 is 4.92 Å². The summed E-state index contributed by atoms with van der Waals surface area (Å²) in [5, 5.41) is 23.1. The smallest absolute Gasteiger partial charge is 0.283 e. The Morgan fingerprint density at radius 1 is 1.10 bits per heavy atom. The molecule has 0 atom stereocenters. The zero-order chi connectivity index (χ0) is 15.2. The highest BCUT2D eigenvalue weighted by molar-refractivity contribution is 9.10. The molecule has 21 heavy (non-hydrogen) atoms. The summed E-state index contributed by atoms with van der Waals surface area (Å²) in [4.78, 5) is 10.5. The lowest BCUT2D eigenvalue weighted by atomic mass is 10.1. The second-order valence-electron chi connectivity index (χ2n) is 4.59. The standard InChI is InChI=1S/C15H15BrN2O3/c16-15-13(2-1-3-14(15)18(20)21)9-17-8-11-4-6-12(10-19)7-5-11/h1-7,17,19H,8-10H2. The average Bonchev–Trinajstić information content (AvgIpc) is 2.49. The SMILES string of the molecule is O=[N+]([O-])c1cccc(CNCc2ccc(CO)cc2)c1Br. The Hall–Kier alpha value is -1.76. The van der Waals surface area contributed by atoms with Crippen molar-refractivity contribution in [1.29, 1.82) is 0 Å². The second kappa shape index (κ2) is 7.31. The van der Waals surface area contributed by atoms with Gasteiger partial charge in [-0.3, -0.25) is 10.1 Å². The van der Waals surface area contributed by atoms with Crippen molar-refractivity contribution in [2.75, 3.05) is 0 Å². The normalized spacial score (nSPS) is 10.6. The number of aliphatic hydroxyl groups excluding tert-OH is 1. The van der Waals surface area contributed by atoms with E-state index in [0.717, 1.165) is 16.7 Å². The molecule has 0 unspecified atom stereocenters. The van der Waals surface area contributed by atoms with Gasteiger partial charge >= 0.3 is 0 Å². The van der Waals surface area contributed by atoms with E-state index in [-0.39, 0.29) is 12.3 Å². The quantitative estimate of drug-likeness (QED) is 0.619. The van der Waals surface area contributed by atoms with E-state index in [1.54, 1.807) is 6.07 Å². The number of nitrogens with one attached hydrogen (secondary N) is 1. The lowest BCUT2D eigenvalue weighted by molar-refractivity contribution is -0.385. The van der Waals surface area contributed by atoms with Gasteiger partial charge in [0.25, 0.3) is 5.69 Å². The van der Waals surface area contributed by atoms with E-state index in [4.69, 9.17) is 5.11 Å². The molecule has 0 heterocycles. The van der Waals surface area contributed by atoms with E-state index in [9.17, 15) is 10.1 Å². The number of aliphatic hydroxyl groups is 1. The van der Waals surface area contributed by atoms with Gasteiger partial charge in [-0.05, 0) is 32.6 Å². The molecule has 0 aliphatic rings. The van der Waals surface area contributed by atoms with E-state index in [2.05, 4.69) is 21.2 Å². The summed E-state index contributed by atoms with van der Waals surface area (Å²) in [6.07, 6.45) is 0. The van der Waals surface area contributed by atoms with Crippen molar-refractivity contribution in [3.8, 4) is 0 Å². The molecule has 0 amide bonds. The lowest BCUT2D eigenvalue weighted by Gasteiger charge is -2.08. The van der Waals surface area contributed by atoms with Crippen molar-refractivity contribution in [2.24, 2.45) is 0 Å². The van der Waals surface area contributed by atoms with E-state index >= 15 is 0 Å². The van der Waals surface area contributed by atoms with Crippen LogP contribution in [0.15, 0.2) is 46.9 Å². The highest BCUT2D eigenvalue weighted by atomic mass is 79.9. The summed E-state index contributed by atoms with van der Waals surface area (Å²) in [5.41, 5.74) is 2.88. The van der Waals surface area contributed by atoms with Crippen LogP contribution < -0.4 is 5.32 Å². The van der Waals surface area contributed by atoms with Gasteiger partial charge in [0.05, 0.1) is 16.0 Å². The first-order chi connectivity index (χ1) is 10.1. The van der Waals surface area contributed by atoms with Gasteiger partial charge in [-0.2, -0.15) is 0 Å². The molecule has 0 saturated carbocycles. The molecular formula is C15H15BrN2O3. The predicted octanol–water partition coefficient (Wildman–Crippen LogP) is 3.14. The number of nitro groups is 1. The molecule has 0 fully saturated rings. The van der Waals surface area contributed by atoms with E-state index in [1.807, 2.05) is 30.3 Å². The molecule has 5 nitrogen and oxygen atoms in total. The van der Waals surface area contributed by atoms with Gasteiger partial charge in [-0.15, -0.1) is 0 Å². The van der Waals surface area contributed by atoms with Crippen LogP contribution in [0.1, 0.15) is 16.7 Å². The molecular weight excluding hydrogens is 336 g/mol. The maximum atomic E-state index is 10.9. The second-order valence-corrected chi connectivity index (χ2v) is 5.38. The number of halogens is 1. The Balaban J connectivity index is 1.97. The highest BCUT2D eigenvalue weighted by Gasteiger charge is 2.14. The molecule has 0 aromatic heterocycles. The monoisotopic (exact) mass is 350 g/mol. The third-order valence-corrected chi connectivity index (χ3v) is 4.02. The topological polar surface area (TPSA) is 75.4 Å². The Labute approximate surface area is 130 Å². The van der Waals surface area contributed by atoms with E-state index in [1.165, 1.54) is 6.07 Å². The Bertz CT molecular complexity index is 629. The van der Waals surface area contributed by atoms with Crippen LogP contribution in [0.3, 0.4) is 0 Å². The van der Waals surface area contributed by atoms with Crippen molar-refractivity contribution in [1.82, 2.24) is 5.32 Å². The first kappa shape index (κ1) is 15.6. The number of benzene rings is 2. The molecule has 2 rings (SSSR count). The maximum Gasteiger partial charge on any atom is 0.283 e. The van der Waals surface area contributed by atoms with Gasteiger partial charge in [0, 0.05) is 19.2 Å². The molecule has 6 heteroatoms. The molecule has 2 aromatic carbocycles. The molecule has 0 bridgehead atoms. The highest BCUT2D eigenvalue weighted by Crippen LogP contribution is 2.28. The largest absolute Gasteiger partial charge is 0.392 e. The summed E-state index contributed by atoms with van der Waals surface area (Å²) in [5.74, 6) is 0. The molecule has 0 aliphatic carbocycles. The third-order valence-electron chi connectivity index (χ3n) is 3.11. The zero-order valence-electron chi connectivity index (χ0n) is 11.3. The maximum absolute atomic E-state index is 10.9. The van der Waals surface area contributed by atoms with Crippen LogP contribution in [-0.2, 0) is 19.7 Å². The third kappa shape index (κ3) is 4.10. The molecule has 0 radical (unpaired) electrons. The number of nitrogens with zero attached hydrogens (tertiary/aromatic N) is 1. The van der Waals surface area contributed by atoms with Crippen molar-refractivity contribution < 1.29 is 10.0 Å². The predicted molar refractivity (Wildman–Crippen MR) is 83.7 cm³/mol. The fourth-order valence-corrected chi connectivity index (χ4v) is 2.50. The minimum Gasteiger partial charge on any atom is -0.392 e. The summed E-state index contributed by atoms with van der Waals surface area (Å²) >= 11 is 3.28. The van der Waals surface area contributed by atoms with Gasteiger partial charge in [0.1, 0.15) is 0 Å². The number of hydrogen-bond donors (Lipinski definition) is 2. The zero-order valence-corrected chi connectivity index (χ0v) is 12.8. The number of nitro benzene ring substituents is 1. The van der Waals surface area contributed by atoms with Crippen LogP contribution in [0, 0.1) is 10.1 Å². The Morgan fingerprint density at radius 3 is 2.38 bits per heavy atom. The van der Waals surface area contributed by atoms with Gasteiger partial charge in [-0.25, -0.2) is 0 Å². The van der Waals surface area contributed by atoms with Crippen LogP contribution in [0.4, 0.5) is 5.69 Å². The van der Waals surface area contributed by atoms with Crippen LogP contribution in [-0.4, -0.2) is 10.0 Å².